The van der Waals surface area contributed by atoms with Crippen molar-refractivity contribution in [2.45, 2.75) is 24.5 Å². The van der Waals surface area contributed by atoms with E-state index in [9.17, 15) is 14.2 Å². The number of phosphoric ester groups is 1. The number of H-pyrrole nitrogens is 1. The van der Waals surface area contributed by atoms with Crippen LogP contribution in [0.25, 0.3) is 0 Å². The fourth-order valence-electron chi connectivity index (χ4n) is 2.05. The summed E-state index contributed by atoms with van der Waals surface area (Å²) < 4.78 is 21.7. The molecule has 0 bridgehead atoms. The van der Waals surface area contributed by atoms with Crippen LogP contribution in [0.5, 0.6) is 0 Å². The summed E-state index contributed by atoms with van der Waals surface area (Å²) >= 11 is 0. The Labute approximate surface area is 117 Å². The van der Waals surface area contributed by atoms with Gasteiger partial charge in [0.1, 0.15) is 12.2 Å². The summed E-state index contributed by atoms with van der Waals surface area (Å²) in [4.78, 5) is 42.5. The molecule has 2 rings (SSSR count). The van der Waals surface area contributed by atoms with Crippen LogP contribution >= 0.6 is 7.82 Å². The number of nitrogens with one attached hydrogen (secondary N) is 1. The summed E-state index contributed by atoms with van der Waals surface area (Å²) in [5, 5.41) is 9.13. The lowest BCUT2D eigenvalue weighted by molar-refractivity contribution is -0.0522. The molecule has 0 amide bonds. The Morgan fingerprint density at radius 3 is 2.67 bits per heavy atom. The van der Waals surface area contributed by atoms with Crippen molar-refractivity contribution in [3.63, 3.8) is 0 Å². The van der Waals surface area contributed by atoms with Gasteiger partial charge in [-0.2, -0.15) is 0 Å². The molecule has 1 fully saturated rings. The number of nitrogens with zero attached hydrogens (tertiary/aromatic N) is 1. The van der Waals surface area contributed by atoms with E-state index >= 15 is 0 Å². The van der Waals surface area contributed by atoms with E-state index in [0.717, 1.165) is 16.8 Å². The second-order valence-electron chi connectivity index (χ2n) is 4.40. The van der Waals surface area contributed by atoms with Crippen molar-refractivity contribution in [3.05, 3.63) is 33.1 Å². The summed E-state index contributed by atoms with van der Waals surface area (Å²) in [6, 6.07) is -0.0525. The van der Waals surface area contributed by atoms with Crippen molar-refractivity contribution in [1.82, 2.24) is 9.55 Å². The summed E-state index contributed by atoms with van der Waals surface area (Å²) in [6.45, 7) is -0.531. The SMILES string of the molecule is N[C@H]1[C@@H](OP(=O)(O)O)[C@H](n2ccc(=O)[nH]c2=O)O[C@@H]1CO. The lowest BCUT2D eigenvalue weighted by Crippen LogP contribution is -2.43. The van der Waals surface area contributed by atoms with Crippen molar-refractivity contribution in [2.75, 3.05) is 6.61 Å². The molecule has 1 saturated heterocycles. The maximum atomic E-state index is 11.7. The molecule has 0 aromatic carbocycles. The van der Waals surface area contributed by atoms with E-state index in [0.29, 0.717) is 0 Å². The van der Waals surface area contributed by atoms with Crippen molar-refractivity contribution < 1.29 is 28.7 Å². The molecule has 4 atom stereocenters. The standard InChI is InChI=1S/C9H14N3O8P/c10-6-4(3-13)19-8(7(6)20-21(16,17)18)12-2-1-5(14)11-9(12)15/h1-2,4,6-8,13H,3,10H2,(H,11,14,15)(H2,16,17,18)/t4-,6-,7-,8-/m1/s1. The van der Waals surface area contributed by atoms with Gasteiger partial charge in [-0.15, -0.1) is 0 Å². The number of ether oxygens (including phenoxy) is 1. The Morgan fingerprint density at radius 1 is 1.48 bits per heavy atom. The van der Waals surface area contributed by atoms with Crippen LogP contribution in [0.15, 0.2) is 21.9 Å². The van der Waals surface area contributed by atoms with Crippen LogP contribution < -0.4 is 17.0 Å². The third-order valence-electron chi connectivity index (χ3n) is 2.97. The summed E-state index contributed by atoms with van der Waals surface area (Å²) in [5.74, 6) is 0. The van der Waals surface area contributed by atoms with Crippen molar-refractivity contribution >= 4 is 7.82 Å². The third kappa shape index (κ3) is 3.47. The first-order chi connectivity index (χ1) is 9.73. The van der Waals surface area contributed by atoms with Crippen molar-refractivity contribution in [1.29, 1.82) is 0 Å². The Bertz CT molecular complexity index is 665. The van der Waals surface area contributed by atoms with Gasteiger partial charge < -0.3 is 25.4 Å². The average molecular weight is 323 g/mol. The number of phosphoric acid groups is 1. The highest BCUT2D eigenvalue weighted by atomic mass is 31.2. The minimum Gasteiger partial charge on any atom is -0.394 e. The maximum Gasteiger partial charge on any atom is 0.470 e. The molecule has 21 heavy (non-hydrogen) atoms. The molecular weight excluding hydrogens is 309 g/mol. The van der Waals surface area contributed by atoms with E-state index in [-0.39, 0.29) is 0 Å². The summed E-state index contributed by atoms with van der Waals surface area (Å²) in [6.07, 6.45) is -2.58. The van der Waals surface area contributed by atoms with Crippen LogP contribution in [0.1, 0.15) is 6.23 Å². The first kappa shape index (κ1) is 16.0. The minimum absolute atomic E-state index is 0.531. The molecule has 12 heteroatoms. The lowest BCUT2D eigenvalue weighted by Gasteiger charge is -2.22. The number of hydrogen-bond acceptors (Lipinski definition) is 7. The fraction of sp³-hybridized carbons (Fsp3) is 0.556. The molecule has 1 aromatic rings. The molecule has 6 N–H and O–H groups in total. The Balaban J connectivity index is 2.41. The molecule has 0 aliphatic carbocycles. The van der Waals surface area contributed by atoms with Crippen LogP contribution in [0.4, 0.5) is 0 Å². The first-order valence-corrected chi connectivity index (χ1v) is 7.33. The van der Waals surface area contributed by atoms with Crippen molar-refractivity contribution in [3.8, 4) is 0 Å². The molecule has 0 unspecified atom stereocenters. The molecule has 0 saturated carbocycles. The van der Waals surface area contributed by atoms with Crippen LogP contribution in [0.3, 0.4) is 0 Å². The molecule has 2 heterocycles. The zero-order valence-electron chi connectivity index (χ0n) is 10.5. The number of aromatic amines is 1. The molecule has 1 aromatic heterocycles. The Morgan fingerprint density at radius 2 is 2.14 bits per heavy atom. The number of aliphatic hydroxyl groups excluding tert-OH is 1. The van der Waals surface area contributed by atoms with Gasteiger partial charge in [0.25, 0.3) is 5.56 Å². The second-order valence-corrected chi connectivity index (χ2v) is 5.60. The van der Waals surface area contributed by atoms with Crippen LogP contribution in [-0.4, -0.2) is 49.3 Å². The first-order valence-electron chi connectivity index (χ1n) is 5.80. The van der Waals surface area contributed by atoms with E-state index < -0.39 is 50.2 Å². The van der Waals surface area contributed by atoms with Gasteiger partial charge in [-0.3, -0.25) is 18.9 Å². The topological polar surface area (TPSA) is 177 Å². The van der Waals surface area contributed by atoms with E-state index in [1.54, 1.807) is 0 Å². The molecule has 0 spiro atoms. The Hall–Kier alpha value is -1.33. The molecule has 1 aliphatic rings. The number of aliphatic hydroxyl groups is 1. The Kier molecular flexibility index (Phi) is 4.44. The molecule has 1 aliphatic heterocycles. The molecule has 118 valence electrons. The monoisotopic (exact) mass is 323 g/mol. The number of hydrogen-bond donors (Lipinski definition) is 5. The molecule has 0 radical (unpaired) electrons. The zero-order chi connectivity index (χ0) is 15.8. The normalized spacial score (nSPS) is 29.7. The fourth-order valence-corrected chi connectivity index (χ4v) is 2.61. The van der Waals surface area contributed by atoms with Gasteiger partial charge in [-0.1, -0.05) is 0 Å². The van der Waals surface area contributed by atoms with Crippen LogP contribution in [-0.2, 0) is 13.8 Å². The van der Waals surface area contributed by atoms with Crippen LogP contribution in [0.2, 0.25) is 0 Å². The van der Waals surface area contributed by atoms with Gasteiger partial charge in [0, 0.05) is 12.3 Å². The van der Waals surface area contributed by atoms with Gasteiger partial charge in [0.05, 0.1) is 12.6 Å². The van der Waals surface area contributed by atoms with E-state index in [2.05, 4.69) is 4.52 Å². The van der Waals surface area contributed by atoms with Crippen molar-refractivity contribution in [2.24, 2.45) is 5.73 Å². The van der Waals surface area contributed by atoms with E-state index in [1.165, 1.54) is 0 Å². The highest BCUT2D eigenvalue weighted by Crippen LogP contribution is 2.43. The summed E-state index contributed by atoms with van der Waals surface area (Å²) in [5.41, 5.74) is 4.20. The minimum atomic E-state index is -4.90. The number of rotatable bonds is 4. The van der Waals surface area contributed by atoms with Gasteiger partial charge in [-0.05, 0) is 0 Å². The lowest BCUT2D eigenvalue weighted by atomic mass is 10.1. The average Bonchev–Trinajstić information content (AvgIpc) is 2.65. The maximum absolute atomic E-state index is 11.7. The number of nitrogens with two attached hydrogens (primary N) is 1. The van der Waals surface area contributed by atoms with Crippen LogP contribution in [0, 0.1) is 0 Å². The quantitative estimate of drug-likeness (QED) is 0.367. The largest absolute Gasteiger partial charge is 0.470 e. The predicted molar refractivity (Wildman–Crippen MR) is 67.2 cm³/mol. The zero-order valence-corrected chi connectivity index (χ0v) is 11.4. The predicted octanol–water partition coefficient (Wildman–Crippen LogP) is -2.77. The van der Waals surface area contributed by atoms with Gasteiger partial charge in [0.15, 0.2) is 6.23 Å². The van der Waals surface area contributed by atoms with Gasteiger partial charge >= 0.3 is 13.5 Å². The third-order valence-corrected chi connectivity index (χ3v) is 3.49. The van der Waals surface area contributed by atoms with E-state index in [1.807, 2.05) is 4.98 Å². The molecule has 11 nitrogen and oxygen atoms in total. The number of aromatic nitrogens is 2. The highest BCUT2D eigenvalue weighted by Gasteiger charge is 2.47. The highest BCUT2D eigenvalue weighted by molar-refractivity contribution is 7.46. The van der Waals surface area contributed by atoms with E-state index in [4.69, 9.17) is 25.4 Å². The summed E-state index contributed by atoms with van der Waals surface area (Å²) in [7, 11) is -4.90. The van der Waals surface area contributed by atoms with Gasteiger partial charge in [0.2, 0.25) is 0 Å². The smallest absolute Gasteiger partial charge is 0.394 e. The molecular formula is C9H14N3O8P. The second kappa shape index (κ2) is 5.81. The van der Waals surface area contributed by atoms with Gasteiger partial charge in [-0.25, -0.2) is 9.36 Å².